The average molecular weight is 539 g/mol. The number of benzene rings is 2. The number of halogens is 3. The maximum absolute atomic E-state index is 15.6. The molecule has 2 aliphatic rings. The summed E-state index contributed by atoms with van der Waals surface area (Å²) in [5.41, 5.74) is 6.16. The van der Waals surface area contributed by atoms with E-state index in [9.17, 15) is 0 Å². The number of rotatable bonds is 8. The van der Waals surface area contributed by atoms with Crippen LogP contribution in [0.3, 0.4) is 0 Å². The molecule has 0 radical (unpaired) electrons. The van der Waals surface area contributed by atoms with Gasteiger partial charge >= 0.3 is 0 Å². The Hall–Kier alpha value is -2.77. The Bertz CT molecular complexity index is 1470. The van der Waals surface area contributed by atoms with Gasteiger partial charge in [-0.25, -0.2) is 13.8 Å². The fourth-order valence-corrected chi connectivity index (χ4v) is 5.54. The van der Waals surface area contributed by atoms with Gasteiger partial charge in [0.1, 0.15) is 5.82 Å². The molecule has 2 aromatic heterocycles. The third-order valence-electron chi connectivity index (χ3n) is 7.42. The van der Waals surface area contributed by atoms with Crippen molar-refractivity contribution >= 4 is 23.2 Å². The molecule has 1 unspecified atom stereocenters. The summed E-state index contributed by atoms with van der Waals surface area (Å²) in [5.74, 6) is 0.506. The van der Waals surface area contributed by atoms with Crippen molar-refractivity contribution in [1.82, 2.24) is 30.0 Å². The minimum atomic E-state index is -0.431. The lowest BCUT2D eigenvalue weighted by molar-refractivity contribution is 0.581. The first-order valence-electron chi connectivity index (χ1n) is 13.0. The molecule has 6 rings (SSSR count). The van der Waals surface area contributed by atoms with Crippen LogP contribution in [0.1, 0.15) is 98.2 Å². The number of hydrogen-bond donors (Lipinski definition) is 0. The molecule has 0 spiro atoms. The van der Waals surface area contributed by atoms with Crippen LogP contribution < -0.4 is 0 Å². The molecular weight excluding hydrogens is 510 g/mol. The van der Waals surface area contributed by atoms with Crippen LogP contribution in [-0.4, -0.2) is 30.0 Å². The van der Waals surface area contributed by atoms with Crippen LogP contribution in [0.15, 0.2) is 36.7 Å². The Morgan fingerprint density at radius 1 is 0.919 bits per heavy atom. The second-order valence-electron chi connectivity index (χ2n) is 10.8. The van der Waals surface area contributed by atoms with Crippen molar-refractivity contribution in [1.29, 1.82) is 0 Å². The van der Waals surface area contributed by atoms with Crippen LogP contribution in [0.25, 0.3) is 11.4 Å². The van der Waals surface area contributed by atoms with Gasteiger partial charge in [-0.2, -0.15) is 0 Å². The van der Waals surface area contributed by atoms with E-state index in [0.717, 1.165) is 53.9 Å². The molecule has 2 aliphatic carbocycles. The molecule has 0 bridgehead atoms. The normalized spacial score (nSPS) is 16.5. The smallest absolute Gasteiger partial charge is 0.147 e. The van der Waals surface area contributed by atoms with E-state index in [-0.39, 0.29) is 16.9 Å². The minimum absolute atomic E-state index is 0.0904. The lowest BCUT2D eigenvalue weighted by atomic mass is 9.88. The van der Waals surface area contributed by atoms with Gasteiger partial charge in [-0.3, -0.25) is 0 Å². The number of aromatic nitrogens is 6. The van der Waals surface area contributed by atoms with Gasteiger partial charge in [-0.15, -0.1) is 10.2 Å². The Kier molecular flexibility index (Phi) is 6.32. The van der Waals surface area contributed by atoms with E-state index in [2.05, 4.69) is 34.5 Å². The maximum atomic E-state index is 15.6. The molecule has 4 aromatic rings. The monoisotopic (exact) mass is 538 g/mol. The third kappa shape index (κ3) is 4.79. The number of hydrogen-bond acceptors (Lipinski definition) is 4. The van der Waals surface area contributed by atoms with Gasteiger partial charge < -0.3 is 0 Å². The predicted molar refractivity (Wildman–Crippen MR) is 143 cm³/mol. The van der Waals surface area contributed by atoms with E-state index in [1.807, 2.05) is 42.2 Å². The third-order valence-corrected chi connectivity index (χ3v) is 7.93. The molecule has 6 nitrogen and oxygen atoms in total. The SMILES string of the molecule is CC(C)c1cc(Cl)cc(CC(C)c2c(-n3cc(C4CC4)nn3)ccc(Cl)c2F)c1-n1cc(C2CC2)nn1. The molecule has 2 saturated carbocycles. The van der Waals surface area contributed by atoms with Gasteiger partial charge in [0.15, 0.2) is 0 Å². The van der Waals surface area contributed by atoms with Crippen LogP contribution in [-0.2, 0) is 6.42 Å². The van der Waals surface area contributed by atoms with Crippen molar-refractivity contribution < 1.29 is 4.39 Å². The van der Waals surface area contributed by atoms with Gasteiger partial charge in [0.25, 0.3) is 0 Å². The Morgan fingerprint density at radius 2 is 1.54 bits per heavy atom. The Morgan fingerprint density at radius 3 is 2.16 bits per heavy atom. The highest BCUT2D eigenvalue weighted by Crippen LogP contribution is 2.41. The molecule has 0 aliphatic heterocycles. The summed E-state index contributed by atoms with van der Waals surface area (Å²) in [6, 6.07) is 7.35. The van der Waals surface area contributed by atoms with E-state index in [1.54, 1.807) is 10.7 Å². The molecule has 2 heterocycles. The van der Waals surface area contributed by atoms with Gasteiger partial charge in [0, 0.05) is 22.4 Å². The van der Waals surface area contributed by atoms with Crippen molar-refractivity contribution in [3.8, 4) is 11.4 Å². The van der Waals surface area contributed by atoms with Gasteiger partial charge in [0.05, 0.1) is 40.2 Å². The average Bonchev–Trinajstić information content (AvgIpc) is 3.80. The standard InChI is InChI=1S/C28H29Cl2FN6/c1-15(2)21-12-20(29)11-19(28(21)37-14-24(33-35-37)18-6-7-18)10-16(3)26-25(9-8-22(30)27(26)31)36-13-23(32-34-36)17-4-5-17/h8-9,11-18H,4-7,10H2,1-3H3. The summed E-state index contributed by atoms with van der Waals surface area (Å²) >= 11 is 12.9. The molecule has 192 valence electrons. The second kappa shape index (κ2) is 9.52. The summed E-state index contributed by atoms with van der Waals surface area (Å²) in [5, 5.41) is 18.3. The first-order valence-corrected chi connectivity index (χ1v) is 13.7. The highest BCUT2D eigenvalue weighted by Gasteiger charge is 2.30. The molecular formula is C28H29Cl2FN6. The molecule has 37 heavy (non-hydrogen) atoms. The summed E-state index contributed by atoms with van der Waals surface area (Å²) in [7, 11) is 0. The lowest BCUT2D eigenvalue weighted by Crippen LogP contribution is -2.12. The van der Waals surface area contributed by atoms with Crippen molar-refractivity contribution in [2.75, 3.05) is 0 Å². The van der Waals surface area contributed by atoms with Crippen molar-refractivity contribution in [2.45, 2.75) is 76.5 Å². The molecule has 0 N–H and O–H groups in total. The largest absolute Gasteiger partial charge is 0.220 e. The quantitative estimate of drug-likeness (QED) is 0.232. The first kappa shape index (κ1) is 24.6. The molecule has 0 amide bonds. The van der Waals surface area contributed by atoms with Gasteiger partial charge in [-0.1, -0.05) is 54.4 Å². The Labute approximate surface area is 225 Å². The van der Waals surface area contributed by atoms with Crippen LogP contribution in [0.4, 0.5) is 4.39 Å². The number of nitrogens with zero attached hydrogens (tertiary/aromatic N) is 6. The zero-order valence-electron chi connectivity index (χ0n) is 21.1. The first-order chi connectivity index (χ1) is 17.8. The van der Waals surface area contributed by atoms with E-state index in [1.165, 1.54) is 0 Å². The van der Waals surface area contributed by atoms with Gasteiger partial charge in [0.2, 0.25) is 0 Å². The van der Waals surface area contributed by atoms with Crippen LogP contribution in [0.2, 0.25) is 10.0 Å². The van der Waals surface area contributed by atoms with E-state index in [4.69, 9.17) is 23.2 Å². The van der Waals surface area contributed by atoms with Crippen LogP contribution >= 0.6 is 23.2 Å². The molecule has 2 fully saturated rings. The van der Waals surface area contributed by atoms with E-state index in [0.29, 0.717) is 34.5 Å². The molecule has 2 aromatic carbocycles. The molecule has 9 heteroatoms. The zero-order chi connectivity index (χ0) is 25.8. The molecule has 0 saturated heterocycles. The summed E-state index contributed by atoms with van der Waals surface area (Å²) in [6.45, 7) is 6.28. The molecule has 1 atom stereocenters. The van der Waals surface area contributed by atoms with Crippen molar-refractivity contribution in [3.63, 3.8) is 0 Å². The maximum Gasteiger partial charge on any atom is 0.147 e. The van der Waals surface area contributed by atoms with Crippen molar-refractivity contribution in [2.24, 2.45) is 0 Å². The van der Waals surface area contributed by atoms with Crippen LogP contribution in [0.5, 0.6) is 0 Å². The Balaban J connectivity index is 1.42. The fourth-order valence-electron chi connectivity index (χ4n) is 5.12. The summed E-state index contributed by atoms with van der Waals surface area (Å²) < 4.78 is 19.2. The van der Waals surface area contributed by atoms with E-state index < -0.39 is 5.82 Å². The topological polar surface area (TPSA) is 61.4 Å². The zero-order valence-corrected chi connectivity index (χ0v) is 22.6. The fraction of sp³-hybridized carbons (Fsp3) is 0.429. The van der Waals surface area contributed by atoms with E-state index >= 15 is 4.39 Å². The lowest BCUT2D eigenvalue weighted by Gasteiger charge is -2.22. The van der Waals surface area contributed by atoms with Crippen molar-refractivity contribution in [3.05, 3.63) is 80.6 Å². The summed E-state index contributed by atoms with van der Waals surface area (Å²) in [6.07, 6.45) is 9.02. The highest BCUT2D eigenvalue weighted by molar-refractivity contribution is 6.31. The van der Waals surface area contributed by atoms with Crippen LogP contribution in [0, 0.1) is 5.82 Å². The second-order valence-corrected chi connectivity index (χ2v) is 11.6. The predicted octanol–water partition coefficient (Wildman–Crippen LogP) is 7.52. The minimum Gasteiger partial charge on any atom is -0.220 e. The summed E-state index contributed by atoms with van der Waals surface area (Å²) in [4.78, 5) is 0. The van der Waals surface area contributed by atoms with Gasteiger partial charge in [-0.05, 0) is 79.3 Å². The highest BCUT2D eigenvalue weighted by atomic mass is 35.5.